The number of likely N-dealkylation sites (tertiary alicyclic amines) is 1. The van der Waals surface area contributed by atoms with Crippen LogP contribution in [0.4, 0.5) is 0 Å². The fourth-order valence-corrected chi connectivity index (χ4v) is 5.55. The molecular weight excluding hydrogens is 426 g/mol. The van der Waals surface area contributed by atoms with E-state index in [0.29, 0.717) is 12.2 Å². The van der Waals surface area contributed by atoms with E-state index in [9.17, 15) is 10.1 Å². The number of amides is 1. The molecule has 2 aromatic heterocycles. The van der Waals surface area contributed by atoms with E-state index in [4.69, 9.17) is 4.74 Å². The topological polar surface area (TPSA) is 76.1 Å². The van der Waals surface area contributed by atoms with Crippen LogP contribution in [0.3, 0.4) is 0 Å². The largest absolute Gasteiger partial charge is 0.496 e. The van der Waals surface area contributed by atoms with E-state index in [2.05, 4.69) is 40.9 Å². The molecule has 7 heteroatoms. The van der Waals surface area contributed by atoms with Crippen LogP contribution in [0.25, 0.3) is 22.5 Å². The van der Waals surface area contributed by atoms with Crippen molar-refractivity contribution in [2.75, 3.05) is 13.7 Å². The normalized spacial score (nSPS) is 19.0. The van der Waals surface area contributed by atoms with Gasteiger partial charge in [0, 0.05) is 37.5 Å². The molecule has 0 aliphatic carbocycles. The predicted octanol–water partition coefficient (Wildman–Crippen LogP) is 4.59. The molecule has 1 amide bonds. The van der Waals surface area contributed by atoms with Crippen LogP contribution >= 0.6 is 0 Å². The molecule has 0 unspecified atom stereocenters. The number of carbonyl (C=O) groups is 1. The zero-order valence-corrected chi connectivity index (χ0v) is 20.4. The van der Waals surface area contributed by atoms with Crippen molar-refractivity contribution in [2.24, 2.45) is 7.05 Å². The highest BCUT2D eigenvalue weighted by atomic mass is 16.5. The molecule has 1 fully saturated rings. The number of hydrogen-bond acceptors (Lipinski definition) is 4. The molecule has 1 aromatic carbocycles. The van der Waals surface area contributed by atoms with Gasteiger partial charge in [0.1, 0.15) is 17.0 Å². The van der Waals surface area contributed by atoms with Gasteiger partial charge in [0.2, 0.25) is 0 Å². The molecule has 4 heterocycles. The summed E-state index contributed by atoms with van der Waals surface area (Å²) in [4.78, 5) is 15.5. The van der Waals surface area contributed by atoms with Crippen molar-refractivity contribution in [3.63, 3.8) is 0 Å². The Labute approximate surface area is 200 Å². The molecule has 1 atom stereocenters. The summed E-state index contributed by atoms with van der Waals surface area (Å²) in [6, 6.07) is 10.7. The molecule has 3 aromatic rings. The third-order valence-corrected chi connectivity index (χ3v) is 7.32. The Hall–Kier alpha value is -3.53. The first-order valence-electron chi connectivity index (χ1n) is 12.1. The lowest BCUT2D eigenvalue weighted by molar-refractivity contribution is 0.0682. The maximum absolute atomic E-state index is 13.7. The van der Waals surface area contributed by atoms with E-state index >= 15 is 0 Å². The van der Waals surface area contributed by atoms with Crippen LogP contribution in [0.1, 0.15) is 54.7 Å². The smallest absolute Gasteiger partial charge is 0.271 e. The molecule has 0 bridgehead atoms. The number of benzene rings is 1. The standard InChI is InChI=1S/C27H31N5O2/c1-5-7-19-14-23(26(33)32-11-6-10-27(32,2)17-28)31-13-8-18-15-24(34-4)21(16-20(18)25(19)31)22-9-12-30(3)29-22/h9,12,14-16H,5-8,10-11,13H2,1-4H3/t27-/m1/s1. The van der Waals surface area contributed by atoms with Crippen molar-refractivity contribution in [2.45, 2.75) is 58.0 Å². The summed E-state index contributed by atoms with van der Waals surface area (Å²) < 4.78 is 9.71. The minimum absolute atomic E-state index is 0.0351. The van der Waals surface area contributed by atoms with Gasteiger partial charge in [0.15, 0.2) is 0 Å². The molecule has 0 N–H and O–H groups in total. The summed E-state index contributed by atoms with van der Waals surface area (Å²) in [5.74, 6) is 0.778. The highest BCUT2D eigenvalue weighted by Crippen LogP contribution is 2.42. The molecule has 1 saturated heterocycles. The first kappa shape index (κ1) is 22.3. The van der Waals surface area contributed by atoms with Crippen LogP contribution in [0.5, 0.6) is 5.75 Å². The van der Waals surface area contributed by atoms with Crippen LogP contribution in [-0.2, 0) is 26.4 Å². The van der Waals surface area contributed by atoms with Crippen molar-refractivity contribution in [1.29, 1.82) is 5.26 Å². The van der Waals surface area contributed by atoms with E-state index in [0.717, 1.165) is 66.9 Å². The lowest BCUT2D eigenvalue weighted by Gasteiger charge is -2.30. The molecule has 7 nitrogen and oxygen atoms in total. The Morgan fingerprint density at radius 3 is 2.76 bits per heavy atom. The predicted molar refractivity (Wildman–Crippen MR) is 131 cm³/mol. The van der Waals surface area contributed by atoms with Crippen LogP contribution in [0.2, 0.25) is 0 Å². The summed E-state index contributed by atoms with van der Waals surface area (Å²) >= 11 is 0. The molecule has 176 valence electrons. The third-order valence-electron chi connectivity index (χ3n) is 7.32. The van der Waals surface area contributed by atoms with Crippen molar-refractivity contribution in [3.05, 3.63) is 47.3 Å². The number of carbonyl (C=O) groups excluding carboxylic acids is 1. The molecule has 2 aliphatic heterocycles. The summed E-state index contributed by atoms with van der Waals surface area (Å²) in [6.45, 7) is 5.40. The van der Waals surface area contributed by atoms with Gasteiger partial charge in [0.25, 0.3) is 5.91 Å². The van der Waals surface area contributed by atoms with Crippen molar-refractivity contribution < 1.29 is 9.53 Å². The highest BCUT2D eigenvalue weighted by molar-refractivity contribution is 5.96. The monoisotopic (exact) mass is 457 g/mol. The number of rotatable bonds is 5. The Kier molecular flexibility index (Phi) is 5.47. The number of fused-ring (bicyclic) bond motifs is 3. The van der Waals surface area contributed by atoms with Gasteiger partial charge in [-0.25, -0.2) is 0 Å². The summed E-state index contributed by atoms with van der Waals surface area (Å²) in [5, 5.41) is 14.4. The molecule has 0 saturated carbocycles. The SMILES string of the molecule is CCCc1cc(C(=O)N2CCC[C@]2(C)C#N)n2c1-c1cc(-c3ccn(C)n3)c(OC)cc1CC2. The van der Waals surface area contributed by atoms with Crippen LogP contribution < -0.4 is 4.74 Å². The van der Waals surface area contributed by atoms with Gasteiger partial charge < -0.3 is 14.2 Å². The first-order chi connectivity index (χ1) is 16.4. The minimum Gasteiger partial charge on any atom is -0.496 e. The number of nitrogens with zero attached hydrogens (tertiary/aromatic N) is 5. The summed E-state index contributed by atoms with van der Waals surface area (Å²) in [6.07, 6.45) is 6.21. The molecule has 0 spiro atoms. The number of ether oxygens (including phenoxy) is 1. The van der Waals surface area contributed by atoms with Gasteiger partial charge in [0.05, 0.1) is 24.6 Å². The summed E-state index contributed by atoms with van der Waals surface area (Å²) in [7, 11) is 3.60. The highest BCUT2D eigenvalue weighted by Gasteiger charge is 2.41. The fourth-order valence-electron chi connectivity index (χ4n) is 5.55. The quantitative estimate of drug-likeness (QED) is 0.561. The van der Waals surface area contributed by atoms with Crippen molar-refractivity contribution in [3.8, 4) is 34.3 Å². The zero-order valence-electron chi connectivity index (χ0n) is 20.4. The van der Waals surface area contributed by atoms with E-state index in [1.54, 1.807) is 16.7 Å². The lowest BCUT2D eigenvalue weighted by atomic mass is 9.92. The average molecular weight is 458 g/mol. The second kappa shape index (κ2) is 8.35. The fraction of sp³-hybridized carbons (Fsp3) is 0.444. The Morgan fingerprint density at radius 2 is 2.09 bits per heavy atom. The number of aryl methyl sites for hydroxylation is 3. The molecular formula is C27H31N5O2. The van der Waals surface area contributed by atoms with Crippen LogP contribution in [-0.4, -0.2) is 44.3 Å². The molecule has 0 radical (unpaired) electrons. The number of methoxy groups -OCH3 is 1. The van der Waals surface area contributed by atoms with E-state index in [1.807, 2.05) is 26.2 Å². The van der Waals surface area contributed by atoms with Crippen LogP contribution in [0.15, 0.2) is 30.5 Å². The third kappa shape index (κ3) is 3.40. The Morgan fingerprint density at radius 1 is 1.26 bits per heavy atom. The van der Waals surface area contributed by atoms with Gasteiger partial charge in [-0.05, 0) is 68.0 Å². The first-order valence-corrected chi connectivity index (χ1v) is 12.1. The maximum Gasteiger partial charge on any atom is 0.271 e. The number of nitriles is 1. The molecule has 5 rings (SSSR count). The molecule has 2 aliphatic rings. The second-order valence-electron chi connectivity index (χ2n) is 9.59. The van der Waals surface area contributed by atoms with Crippen molar-refractivity contribution >= 4 is 5.91 Å². The zero-order chi connectivity index (χ0) is 24.0. The Bertz CT molecular complexity index is 1310. The van der Waals surface area contributed by atoms with Crippen LogP contribution in [0, 0.1) is 11.3 Å². The molecule has 34 heavy (non-hydrogen) atoms. The number of aromatic nitrogens is 3. The van der Waals surface area contributed by atoms with Gasteiger partial charge in [-0.15, -0.1) is 0 Å². The average Bonchev–Trinajstić information content (AvgIpc) is 3.55. The van der Waals surface area contributed by atoms with Gasteiger partial charge in [-0.1, -0.05) is 13.3 Å². The Balaban J connectivity index is 1.66. The second-order valence-corrected chi connectivity index (χ2v) is 9.59. The van der Waals surface area contributed by atoms with Gasteiger partial charge in [-0.3, -0.25) is 9.48 Å². The lowest BCUT2D eigenvalue weighted by Crippen LogP contribution is -2.44. The summed E-state index contributed by atoms with van der Waals surface area (Å²) in [5.41, 5.74) is 6.43. The van der Waals surface area contributed by atoms with Gasteiger partial charge in [-0.2, -0.15) is 10.4 Å². The van der Waals surface area contributed by atoms with E-state index in [1.165, 1.54) is 11.1 Å². The minimum atomic E-state index is -0.737. The number of hydrogen-bond donors (Lipinski definition) is 0. The van der Waals surface area contributed by atoms with E-state index < -0.39 is 5.54 Å². The van der Waals surface area contributed by atoms with Crippen molar-refractivity contribution in [1.82, 2.24) is 19.2 Å². The van der Waals surface area contributed by atoms with E-state index in [-0.39, 0.29) is 5.91 Å². The van der Waals surface area contributed by atoms with Gasteiger partial charge >= 0.3 is 0 Å². The maximum atomic E-state index is 13.7.